The van der Waals surface area contributed by atoms with Crippen molar-refractivity contribution in [3.8, 4) is 0 Å². The average molecular weight is 268 g/mol. The Bertz CT molecular complexity index is 280. The number of likely N-dealkylation sites (tertiary alicyclic amines) is 1. The van der Waals surface area contributed by atoms with E-state index < -0.39 is 0 Å². The topological polar surface area (TPSA) is 33.7 Å². The quantitative estimate of drug-likeness (QED) is 0.786. The Morgan fingerprint density at radius 2 is 2.05 bits per heavy atom. The van der Waals surface area contributed by atoms with Crippen LogP contribution in [-0.2, 0) is 9.47 Å². The van der Waals surface area contributed by atoms with Crippen molar-refractivity contribution in [3.63, 3.8) is 0 Å². The first-order valence-corrected chi connectivity index (χ1v) is 7.86. The molecule has 1 aliphatic carbocycles. The van der Waals surface area contributed by atoms with Gasteiger partial charge in [0.25, 0.3) is 0 Å². The molecule has 0 aromatic carbocycles. The lowest BCUT2D eigenvalue weighted by molar-refractivity contribution is 0.0234. The van der Waals surface area contributed by atoms with Gasteiger partial charge in [-0.15, -0.1) is 0 Å². The highest BCUT2D eigenvalue weighted by molar-refractivity contribution is 4.92. The molecule has 2 saturated heterocycles. The molecule has 110 valence electrons. The van der Waals surface area contributed by atoms with Gasteiger partial charge in [0, 0.05) is 51.4 Å². The maximum absolute atomic E-state index is 5.71. The summed E-state index contributed by atoms with van der Waals surface area (Å²) in [5.41, 5.74) is 0.364. The second-order valence-corrected chi connectivity index (χ2v) is 6.67. The van der Waals surface area contributed by atoms with Crippen LogP contribution in [0.4, 0.5) is 0 Å². The minimum atomic E-state index is 0.364. The Hall–Kier alpha value is -0.160. The molecule has 19 heavy (non-hydrogen) atoms. The van der Waals surface area contributed by atoms with E-state index in [0.29, 0.717) is 11.5 Å². The summed E-state index contributed by atoms with van der Waals surface area (Å²) >= 11 is 0. The molecule has 1 atom stereocenters. The fourth-order valence-corrected chi connectivity index (χ4v) is 3.40. The van der Waals surface area contributed by atoms with Crippen LogP contribution in [0.15, 0.2) is 0 Å². The number of hydrogen-bond acceptors (Lipinski definition) is 4. The Labute approximate surface area is 116 Å². The molecule has 3 aliphatic rings. The maximum atomic E-state index is 5.71. The summed E-state index contributed by atoms with van der Waals surface area (Å²) in [6, 6.07) is 0.803. The molecule has 3 rings (SSSR count). The predicted molar refractivity (Wildman–Crippen MR) is 75.4 cm³/mol. The van der Waals surface area contributed by atoms with Gasteiger partial charge in [0.2, 0.25) is 0 Å². The van der Waals surface area contributed by atoms with Crippen LogP contribution >= 0.6 is 0 Å². The van der Waals surface area contributed by atoms with Crippen molar-refractivity contribution < 1.29 is 9.47 Å². The van der Waals surface area contributed by atoms with E-state index in [-0.39, 0.29) is 0 Å². The van der Waals surface area contributed by atoms with Crippen LogP contribution in [0, 0.1) is 5.41 Å². The lowest BCUT2D eigenvalue weighted by Crippen LogP contribution is -2.48. The van der Waals surface area contributed by atoms with Crippen LogP contribution in [-0.4, -0.2) is 63.5 Å². The molecule has 4 heteroatoms. The second kappa shape index (κ2) is 6.08. The van der Waals surface area contributed by atoms with Crippen LogP contribution < -0.4 is 5.32 Å². The number of rotatable bonds is 6. The molecule has 1 unspecified atom stereocenters. The monoisotopic (exact) mass is 268 g/mol. The molecule has 3 fully saturated rings. The molecule has 0 aromatic heterocycles. The van der Waals surface area contributed by atoms with Crippen molar-refractivity contribution in [1.82, 2.24) is 10.2 Å². The maximum Gasteiger partial charge on any atom is 0.0595 e. The van der Waals surface area contributed by atoms with Crippen LogP contribution in [0.5, 0.6) is 0 Å². The molecule has 2 heterocycles. The first kappa shape index (κ1) is 13.8. The van der Waals surface area contributed by atoms with Crippen LogP contribution in [0.3, 0.4) is 0 Å². The lowest BCUT2D eigenvalue weighted by Gasteiger charge is -2.38. The highest BCUT2D eigenvalue weighted by Crippen LogP contribution is 2.32. The van der Waals surface area contributed by atoms with E-state index in [0.717, 1.165) is 25.8 Å². The Kier molecular flexibility index (Phi) is 4.42. The number of methoxy groups -OCH3 is 1. The summed E-state index contributed by atoms with van der Waals surface area (Å²) < 4.78 is 11.2. The van der Waals surface area contributed by atoms with E-state index in [4.69, 9.17) is 9.47 Å². The first-order chi connectivity index (χ1) is 9.30. The molecule has 4 nitrogen and oxygen atoms in total. The van der Waals surface area contributed by atoms with Crippen molar-refractivity contribution in [3.05, 3.63) is 0 Å². The van der Waals surface area contributed by atoms with Crippen molar-refractivity contribution in [2.75, 3.05) is 46.5 Å². The summed E-state index contributed by atoms with van der Waals surface area (Å²) in [4.78, 5) is 2.62. The minimum Gasteiger partial charge on any atom is -0.381 e. The Balaban J connectivity index is 1.49. The summed E-state index contributed by atoms with van der Waals surface area (Å²) in [5, 5.41) is 3.72. The summed E-state index contributed by atoms with van der Waals surface area (Å²) in [7, 11) is 1.84. The van der Waals surface area contributed by atoms with Gasteiger partial charge in [-0.25, -0.2) is 0 Å². The van der Waals surface area contributed by atoms with Gasteiger partial charge in [0.1, 0.15) is 0 Å². The van der Waals surface area contributed by atoms with Gasteiger partial charge in [-0.2, -0.15) is 0 Å². The fourth-order valence-electron chi connectivity index (χ4n) is 3.40. The van der Waals surface area contributed by atoms with Gasteiger partial charge in [0.15, 0.2) is 0 Å². The van der Waals surface area contributed by atoms with E-state index in [1.54, 1.807) is 0 Å². The van der Waals surface area contributed by atoms with Gasteiger partial charge < -0.3 is 19.7 Å². The fraction of sp³-hybridized carbons (Fsp3) is 1.00. The zero-order valence-corrected chi connectivity index (χ0v) is 12.2. The first-order valence-electron chi connectivity index (χ1n) is 7.86. The third-order valence-corrected chi connectivity index (χ3v) is 4.96. The van der Waals surface area contributed by atoms with E-state index in [1.165, 1.54) is 51.7 Å². The van der Waals surface area contributed by atoms with Crippen LogP contribution in [0.1, 0.15) is 32.1 Å². The van der Waals surface area contributed by atoms with E-state index >= 15 is 0 Å². The molecule has 0 radical (unpaired) electrons. The highest BCUT2D eigenvalue weighted by Gasteiger charge is 2.38. The third kappa shape index (κ3) is 3.69. The minimum absolute atomic E-state index is 0.364. The standard InChI is InChI=1S/C15H28N2O2/c1-18-14-4-7-17(8-5-14)11-15(6-9-19-12-15)10-16-13-2-3-13/h13-14,16H,2-12H2,1H3. The molecule has 0 spiro atoms. The van der Waals surface area contributed by atoms with Gasteiger partial charge in [0.05, 0.1) is 12.7 Å². The number of nitrogens with one attached hydrogen (secondary N) is 1. The molecule has 0 bridgehead atoms. The molecule has 0 amide bonds. The molecule has 1 N–H and O–H groups in total. The van der Waals surface area contributed by atoms with Gasteiger partial charge in [-0.1, -0.05) is 0 Å². The second-order valence-electron chi connectivity index (χ2n) is 6.67. The zero-order chi connectivity index (χ0) is 13.1. The van der Waals surface area contributed by atoms with E-state index in [1.807, 2.05) is 7.11 Å². The number of piperidine rings is 1. The molecule has 0 aromatic rings. The molecule has 2 aliphatic heterocycles. The molecular formula is C15H28N2O2. The highest BCUT2D eigenvalue weighted by atomic mass is 16.5. The van der Waals surface area contributed by atoms with Gasteiger partial charge >= 0.3 is 0 Å². The largest absolute Gasteiger partial charge is 0.381 e. The number of nitrogens with zero attached hydrogens (tertiary/aromatic N) is 1. The van der Waals surface area contributed by atoms with Crippen molar-refractivity contribution in [2.45, 2.75) is 44.2 Å². The van der Waals surface area contributed by atoms with Crippen molar-refractivity contribution in [2.24, 2.45) is 5.41 Å². The van der Waals surface area contributed by atoms with Gasteiger partial charge in [-0.3, -0.25) is 0 Å². The van der Waals surface area contributed by atoms with E-state index in [2.05, 4.69) is 10.2 Å². The number of ether oxygens (including phenoxy) is 2. The summed E-state index contributed by atoms with van der Waals surface area (Å²) in [6.07, 6.45) is 6.81. The van der Waals surface area contributed by atoms with Crippen LogP contribution in [0.2, 0.25) is 0 Å². The lowest BCUT2D eigenvalue weighted by atomic mass is 9.85. The third-order valence-electron chi connectivity index (χ3n) is 4.96. The normalized spacial score (nSPS) is 33.9. The average Bonchev–Trinajstić information content (AvgIpc) is 3.17. The Morgan fingerprint density at radius 1 is 1.26 bits per heavy atom. The SMILES string of the molecule is COC1CCN(CC2(CNC3CC3)CCOC2)CC1. The predicted octanol–water partition coefficient (Wildman–Crippen LogP) is 1.26. The Morgan fingerprint density at radius 3 is 2.63 bits per heavy atom. The molecule has 1 saturated carbocycles. The number of hydrogen-bond donors (Lipinski definition) is 1. The smallest absolute Gasteiger partial charge is 0.0595 e. The van der Waals surface area contributed by atoms with Crippen molar-refractivity contribution >= 4 is 0 Å². The van der Waals surface area contributed by atoms with Crippen molar-refractivity contribution in [1.29, 1.82) is 0 Å². The van der Waals surface area contributed by atoms with E-state index in [9.17, 15) is 0 Å². The summed E-state index contributed by atoms with van der Waals surface area (Å²) in [6.45, 7) is 6.59. The molecular weight excluding hydrogens is 240 g/mol. The zero-order valence-electron chi connectivity index (χ0n) is 12.2. The van der Waals surface area contributed by atoms with Gasteiger partial charge in [-0.05, 0) is 32.1 Å². The summed E-state index contributed by atoms with van der Waals surface area (Å²) in [5.74, 6) is 0. The van der Waals surface area contributed by atoms with Crippen LogP contribution in [0.25, 0.3) is 0 Å².